The quantitative estimate of drug-likeness (QED) is 0.398. The molecule has 0 unspecified atom stereocenters. The van der Waals surface area contributed by atoms with Crippen LogP contribution in [0, 0.1) is 0 Å². The fraction of sp³-hybridized carbons (Fsp3) is 0.833. The van der Waals surface area contributed by atoms with Crippen molar-refractivity contribution in [2.75, 3.05) is 0 Å². The Hall–Kier alpha value is 0.229. The summed E-state index contributed by atoms with van der Waals surface area (Å²) in [5, 5.41) is 35.8. The van der Waals surface area contributed by atoms with Gasteiger partial charge >= 0.3 is 72.3 Å². The van der Waals surface area contributed by atoms with E-state index in [1.165, 1.54) is 11.8 Å². The van der Waals surface area contributed by atoms with Gasteiger partial charge in [-0.05, 0) is 0 Å². The van der Waals surface area contributed by atoms with Crippen molar-refractivity contribution >= 4 is 20.5 Å². The second-order valence-corrected chi connectivity index (χ2v) is 2.92. The van der Waals surface area contributed by atoms with E-state index in [2.05, 4.69) is 15.6 Å². The summed E-state index contributed by atoms with van der Waals surface area (Å²) < 4.78 is 0. The van der Waals surface area contributed by atoms with Crippen LogP contribution in [0.1, 0.15) is 6.92 Å². The minimum atomic E-state index is -1.35. The molecule has 0 bridgehead atoms. The van der Waals surface area contributed by atoms with Crippen LogP contribution < -0.4 is 0 Å². The summed E-state index contributed by atoms with van der Waals surface area (Å²) in [5.41, 5.74) is 0. The van der Waals surface area contributed by atoms with Gasteiger partial charge < -0.3 is 0 Å². The molecule has 0 radical (unpaired) electrons. The molecule has 0 fully saturated rings. The first-order valence-electron chi connectivity index (χ1n) is 3.18. The molecule has 0 aromatic carbocycles. The van der Waals surface area contributed by atoms with E-state index in [1.54, 1.807) is 0 Å². The van der Waals surface area contributed by atoms with Gasteiger partial charge in [-0.15, -0.1) is 0 Å². The molecule has 4 atom stereocenters. The molecular weight excluding hydrogens is 215 g/mol. The number of hydrogen-bond acceptors (Lipinski definition) is 4. The van der Waals surface area contributed by atoms with Crippen LogP contribution in [0.2, 0.25) is 0 Å². The van der Waals surface area contributed by atoms with E-state index in [0.717, 1.165) is 0 Å². The zero-order valence-corrected chi connectivity index (χ0v) is 7.80. The fourth-order valence-electron chi connectivity index (χ4n) is 0.568. The van der Waals surface area contributed by atoms with Crippen LogP contribution in [0.25, 0.3) is 0 Å². The van der Waals surface area contributed by atoms with Crippen molar-refractivity contribution in [2.45, 2.75) is 31.3 Å². The SMILES string of the molecule is C[C@H](O)[C@@H](O)[C@@H](O)[C@H](O)C=[Se]. The Morgan fingerprint density at radius 3 is 1.82 bits per heavy atom. The number of aliphatic hydroxyl groups is 4. The van der Waals surface area contributed by atoms with Crippen molar-refractivity contribution < 1.29 is 20.4 Å². The van der Waals surface area contributed by atoms with Gasteiger partial charge in [0.2, 0.25) is 0 Å². The zero-order valence-electron chi connectivity index (χ0n) is 6.08. The van der Waals surface area contributed by atoms with Gasteiger partial charge in [-0.25, -0.2) is 0 Å². The predicted molar refractivity (Wildman–Crippen MR) is 41.5 cm³/mol. The fourth-order valence-corrected chi connectivity index (χ4v) is 0.906. The maximum atomic E-state index is 9.05. The Morgan fingerprint density at radius 2 is 1.55 bits per heavy atom. The molecule has 0 heterocycles. The first kappa shape index (κ1) is 11.2. The van der Waals surface area contributed by atoms with Crippen LogP contribution in [0.3, 0.4) is 0 Å². The van der Waals surface area contributed by atoms with E-state index in [4.69, 9.17) is 20.4 Å². The molecular formula is C6H12O4Se. The molecule has 11 heavy (non-hydrogen) atoms. The first-order chi connectivity index (χ1) is 5.00. The molecule has 0 aromatic heterocycles. The van der Waals surface area contributed by atoms with Crippen LogP contribution in [0.15, 0.2) is 0 Å². The Balaban J connectivity index is 4.00. The normalized spacial score (nSPS) is 21.9. The second-order valence-electron chi connectivity index (χ2n) is 2.35. The van der Waals surface area contributed by atoms with E-state index < -0.39 is 24.4 Å². The van der Waals surface area contributed by atoms with Crippen LogP contribution in [-0.4, -0.2) is 65.3 Å². The molecule has 0 aliphatic rings. The third-order valence-electron chi connectivity index (χ3n) is 1.33. The van der Waals surface area contributed by atoms with Gasteiger partial charge in [0.15, 0.2) is 0 Å². The molecule has 0 saturated heterocycles. The molecule has 66 valence electrons. The average Bonchev–Trinajstić information content (AvgIpc) is 2.00. The molecule has 5 heteroatoms. The van der Waals surface area contributed by atoms with Crippen molar-refractivity contribution in [3.63, 3.8) is 0 Å². The summed E-state index contributed by atoms with van der Waals surface area (Å²) in [5.74, 6) is 0. The zero-order chi connectivity index (χ0) is 9.02. The standard InChI is InChI=1S/C6H12O4Se/c1-3(7)5(9)6(10)4(8)2-11/h2-10H,1H3/t3-,4+,5+,6-/m0/s1. The third-order valence-corrected chi connectivity index (χ3v) is 1.92. The van der Waals surface area contributed by atoms with Gasteiger partial charge in [0.1, 0.15) is 0 Å². The Labute approximate surface area is 72.8 Å². The van der Waals surface area contributed by atoms with Crippen LogP contribution >= 0.6 is 0 Å². The first-order valence-corrected chi connectivity index (χ1v) is 4.17. The number of hydrogen-bond donors (Lipinski definition) is 4. The summed E-state index contributed by atoms with van der Waals surface area (Å²) in [6.45, 7) is 1.33. The van der Waals surface area contributed by atoms with E-state index in [9.17, 15) is 0 Å². The van der Waals surface area contributed by atoms with Crippen molar-refractivity contribution in [3.05, 3.63) is 0 Å². The topological polar surface area (TPSA) is 80.9 Å². The Bertz CT molecular complexity index is 128. The number of rotatable bonds is 4. The molecule has 0 aliphatic carbocycles. The van der Waals surface area contributed by atoms with Crippen LogP contribution in [-0.2, 0) is 0 Å². The molecule has 0 aliphatic heterocycles. The van der Waals surface area contributed by atoms with Crippen LogP contribution in [0.5, 0.6) is 0 Å². The summed E-state index contributed by atoms with van der Waals surface area (Å²) in [6, 6.07) is 0. The number of aliphatic hydroxyl groups excluding tert-OH is 4. The second kappa shape index (κ2) is 4.98. The van der Waals surface area contributed by atoms with Crippen molar-refractivity contribution in [1.82, 2.24) is 0 Å². The van der Waals surface area contributed by atoms with Crippen molar-refractivity contribution in [3.8, 4) is 0 Å². The molecule has 0 amide bonds. The van der Waals surface area contributed by atoms with E-state index >= 15 is 0 Å². The maximum absolute atomic E-state index is 9.05. The van der Waals surface area contributed by atoms with Gasteiger partial charge in [-0.2, -0.15) is 0 Å². The van der Waals surface area contributed by atoms with E-state index in [-0.39, 0.29) is 0 Å². The molecule has 0 saturated carbocycles. The summed E-state index contributed by atoms with van der Waals surface area (Å²) in [4.78, 5) is 1.22. The van der Waals surface area contributed by atoms with Gasteiger partial charge in [0.05, 0.1) is 0 Å². The van der Waals surface area contributed by atoms with Gasteiger partial charge in [-0.1, -0.05) is 0 Å². The third kappa shape index (κ3) is 3.42. The van der Waals surface area contributed by atoms with Crippen molar-refractivity contribution in [2.24, 2.45) is 0 Å². The van der Waals surface area contributed by atoms with Gasteiger partial charge in [-0.3, -0.25) is 0 Å². The Morgan fingerprint density at radius 1 is 1.09 bits per heavy atom. The molecule has 0 aromatic rings. The van der Waals surface area contributed by atoms with E-state index in [0.29, 0.717) is 0 Å². The van der Waals surface area contributed by atoms with Crippen LogP contribution in [0.4, 0.5) is 0 Å². The molecule has 0 rings (SSSR count). The van der Waals surface area contributed by atoms with Crippen molar-refractivity contribution in [1.29, 1.82) is 0 Å². The minimum absolute atomic E-state index is 1.06. The summed E-state index contributed by atoms with van der Waals surface area (Å²) in [6.07, 6.45) is -4.88. The molecule has 0 spiro atoms. The average molecular weight is 227 g/mol. The Kier molecular flexibility index (Phi) is 5.08. The van der Waals surface area contributed by atoms with Gasteiger partial charge in [0.25, 0.3) is 0 Å². The summed E-state index contributed by atoms with van der Waals surface area (Å²) >= 11 is 2.39. The monoisotopic (exact) mass is 228 g/mol. The molecule has 4 nitrogen and oxygen atoms in total. The predicted octanol–water partition coefficient (Wildman–Crippen LogP) is -2.58. The van der Waals surface area contributed by atoms with Gasteiger partial charge in [0, 0.05) is 0 Å². The molecule has 4 N–H and O–H groups in total. The summed E-state index contributed by atoms with van der Waals surface area (Å²) in [7, 11) is 0. The van der Waals surface area contributed by atoms with E-state index in [1.807, 2.05) is 0 Å².